The molecule has 108 valence electrons. The maximum atomic E-state index is 14.3. The molecule has 8 nitrogen and oxygen atoms in total. The molecule has 1 fully saturated rings. The first-order valence-corrected chi connectivity index (χ1v) is 6.11. The zero-order chi connectivity index (χ0) is 14.3. The average molecular weight is 283 g/mol. The van der Waals surface area contributed by atoms with Crippen molar-refractivity contribution < 1.29 is 19.3 Å². The third-order valence-corrected chi connectivity index (χ3v) is 3.48. The van der Waals surface area contributed by atoms with Gasteiger partial charge in [-0.1, -0.05) is 0 Å². The van der Waals surface area contributed by atoms with Gasteiger partial charge in [0.25, 0.3) is 0 Å². The molecule has 3 heterocycles. The normalized spacial score (nSPS) is 30.8. The predicted molar refractivity (Wildman–Crippen MR) is 66.5 cm³/mol. The number of aromatic nitrogens is 4. The Labute approximate surface area is 113 Å². The lowest BCUT2D eigenvalue weighted by atomic mass is 9.99. The van der Waals surface area contributed by atoms with E-state index in [9.17, 15) is 9.50 Å². The van der Waals surface area contributed by atoms with Gasteiger partial charge in [0.1, 0.15) is 24.1 Å². The molecule has 1 aliphatic heterocycles. The van der Waals surface area contributed by atoms with E-state index in [-0.39, 0.29) is 12.4 Å². The van der Waals surface area contributed by atoms with Gasteiger partial charge in [-0.05, 0) is 0 Å². The number of hydrogen-bond donors (Lipinski definition) is 3. The number of aliphatic hydroxyl groups excluding tert-OH is 2. The molecule has 1 saturated heterocycles. The molecule has 0 spiro atoms. The third kappa shape index (κ3) is 1.90. The van der Waals surface area contributed by atoms with Crippen LogP contribution >= 0.6 is 0 Å². The molecule has 0 unspecified atom stereocenters. The van der Waals surface area contributed by atoms with Crippen LogP contribution in [0.2, 0.25) is 0 Å². The smallest absolute Gasteiger partial charge is 0.165 e. The molecule has 0 radical (unpaired) electrons. The topological polar surface area (TPSA) is 119 Å². The highest BCUT2D eigenvalue weighted by Gasteiger charge is 2.41. The number of fused-ring (bicyclic) bond motifs is 1. The number of alkyl halides is 1. The van der Waals surface area contributed by atoms with E-state index < -0.39 is 31.0 Å². The molecule has 3 rings (SSSR count). The van der Waals surface area contributed by atoms with Crippen LogP contribution in [0.4, 0.5) is 10.2 Å². The van der Waals surface area contributed by atoms with Crippen LogP contribution in [0.15, 0.2) is 12.7 Å². The van der Waals surface area contributed by atoms with E-state index in [4.69, 9.17) is 15.6 Å². The Morgan fingerprint density at radius 3 is 3.00 bits per heavy atom. The number of rotatable bonds is 2. The van der Waals surface area contributed by atoms with Crippen LogP contribution in [0.5, 0.6) is 0 Å². The molecular weight excluding hydrogens is 269 g/mol. The van der Waals surface area contributed by atoms with Crippen LogP contribution in [0.3, 0.4) is 0 Å². The molecule has 4 atom stereocenters. The monoisotopic (exact) mass is 283 g/mol. The van der Waals surface area contributed by atoms with Gasteiger partial charge < -0.3 is 25.3 Å². The summed E-state index contributed by atoms with van der Waals surface area (Å²) in [5, 5.41) is 18.8. The lowest BCUT2D eigenvalue weighted by molar-refractivity contribution is -0.148. The van der Waals surface area contributed by atoms with Crippen LogP contribution in [-0.4, -0.2) is 61.3 Å². The number of ether oxygens (including phenoxy) is 1. The highest BCUT2D eigenvalue weighted by molar-refractivity contribution is 5.81. The van der Waals surface area contributed by atoms with E-state index in [0.29, 0.717) is 11.2 Å². The fourth-order valence-corrected chi connectivity index (χ4v) is 2.35. The Bertz CT molecular complexity index is 621. The molecule has 0 amide bonds. The van der Waals surface area contributed by atoms with E-state index >= 15 is 0 Å². The molecule has 20 heavy (non-hydrogen) atoms. The fraction of sp³-hybridized carbons (Fsp3) is 0.545. The van der Waals surface area contributed by atoms with Gasteiger partial charge >= 0.3 is 0 Å². The van der Waals surface area contributed by atoms with Crippen molar-refractivity contribution in [1.29, 1.82) is 0 Å². The van der Waals surface area contributed by atoms with E-state index in [1.165, 1.54) is 17.2 Å². The van der Waals surface area contributed by atoms with Gasteiger partial charge in [0.05, 0.1) is 25.6 Å². The Morgan fingerprint density at radius 2 is 2.25 bits per heavy atom. The van der Waals surface area contributed by atoms with Crippen molar-refractivity contribution in [3.05, 3.63) is 12.7 Å². The van der Waals surface area contributed by atoms with Gasteiger partial charge in [-0.2, -0.15) is 0 Å². The van der Waals surface area contributed by atoms with Gasteiger partial charge in [0.2, 0.25) is 0 Å². The Balaban J connectivity index is 1.97. The average Bonchev–Trinajstić information content (AvgIpc) is 2.87. The van der Waals surface area contributed by atoms with Gasteiger partial charge in [-0.15, -0.1) is 0 Å². The highest BCUT2D eigenvalue weighted by atomic mass is 19.1. The maximum Gasteiger partial charge on any atom is 0.165 e. The summed E-state index contributed by atoms with van der Waals surface area (Å²) in [6.45, 7) is -0.438. The fourth-order valence-electron chi connectivity index (χ4n) is 2.35. The van der Waals surface area contributed by atoms with Gasteiger partial charge in [0, 0.05) is 0 Å². The second-order valence-corrected chi connectivity index (χ2v) is 4.64. The molecule has 0 bridgehead atoms. The number of nitrogen functional groups attached to an aromatic ring is 1. The molecule has 0 saturated carbocycles. The molecule has 2 aromatic heterocycles. The van der Waals surface area contributed by atoms with E-state index in [0.717, 1.165) is 0 Å². The van der Waals surface area contributed by atoms with E-state index in [2.05, 4.69) is 15.0 Å². The molecule has 9 heteroatoms. The second kappa shape index (κ2) is 4.93. The summed E-state index contributed by atoms with van der Waals surface area (Å²) >= 11 is 0. The van der Waals surface area contributed by atoms with Crippen molar-refractivity contribution in [2.45, 2.75) is 24.4 Å². The lowest BCUT2D eigenvalue weighted by Gasteiger charge is -2.36. The number of nitrogens with two attached hydrogens (primary N) is 1. The zero-order valence-electron chi connectivity index (χ0n) is 10.4. The molecular formula is C11H14FN5O3. The van der Waals surface area contributed by atoms with Crippen LogP contribution in [0.25, 0.3) is 11.2 Å². The number of imidazole rings is 1. The number of hydrogen-bond acceptors (Lipinski definition) is 7. The first-order chi connectivity index (χ1) is 9.63. The highest BCUT2D eigenvalue weighted by Crippen LogP contribution is 2.29. The van der Waals surface area contributed by atoms with E-state index in [1.54, 1.807) is 0 Å². The molecule has 0 aromatic carbocycles. The first-order valence-electron chi connectivity index (χ1n) is 6.11. The van der Waals surface area contributed by atoms with Crippen LogP contribution in [0, 0.1) is 0 Å². The SMILES string of the molecule is Nc1ncnc2c1ncn2[C@H]1CO[C@H](CO)[C@@H](O)[C@@H]1F. The Morgan fingerprint density at radius 1 is 1.45 bits per heavy atom. The minimum absolute atomic E-state index is 0.00117. The zero-order valence-corrected chi connectivity index (χ0v) is 10.4. The molecule has 4 N–H and O–H groups in total. The summed E-state index contributed by atoms with van der Waals surface area (Å²) in [6.07, 6.45) is -1.28. The van der Waals surface area contributed by atoms with Crippen molar-refractivity contribution in [2.24, 2.45) is 0 Å². The first kappa shape index (κ1) is 13.2. The Hall–Kier alpha value is -1.84. The summed E-state index contributed by atoms with van der Waals surface area (Å²) in [7, 11) is 0. The minimum atomic E-state index is -1.60. The molecule has 1 aliphatic rings. The maximum absolute atomic E-state index is 14.3. The van der Waals surface area contributed by atoms with Gasteiger partial charge in [-0.3, -0.25) is 0 Å². The van der Waals surface area contributed by atoms with Crippen LogP contribution in [0.1, 0.15) is 6.04 Å². The van der Waals surface area contributed by atoms with E-state index in [1.807, 2.05) is 0 Å². The minimum Gasteiger partial charge on any atom is -0.394 e. The van der Waals surface area contributed by atoms with Crippen molar-refractivity contribution in [2.75, 3.05) is 18.9 Å². The quantitative estimate of drug-likeness (QED) is 0.649. The summed E-state index contributed by atoms with van der Waals surface area (Å²) < 4.78 is 21.0. The Kier molecular flexibility index (Phi) is 3.24. The van der Waals surface area contributed by atoms with Crippen LogP contribution in [-0.2, 0) is 4.74 Å². The molecule has 2 aromatic rings. The van der Waals surface area contributed by atoms with Gasteiger partial charge in [0.15, 0.2) is 17.6 Å². The number of anilines is 1. The van der Waals surface area contributed by atoms with Crippen molar-refractivity contribution in [1.82, 2.24) is 19.5 Å². The number of nitrogens with zero attached hydrogens (tertiary/aromatic N) is 4. The summed E-state index contributed by atoms with van der Waals surface area (Å²) in [5.41, 5.74) is 6.42. The lowest BCUT2D eigenvalue weighted by Crippen LogP contribution is -2.50. The summed E-state index contributed by atoms with van der Waals surface area (Å²) in [4.78, 5) is 11.9. The van der Waals surface area contributed by atoms with Crippen molar-refractivity contribution >= 4 is 17.0 Å². The second-order valence-electron chi connectivity index (χ2n) is 4.64. The standard InChI is InChI=1S/C11H14FN5O3/c12-7-5(2-20-6(1-18)9(7)19)17-4-16-8-10(13)14-3-15-11(8)17/h3-7,9,18-19H,1-2H2,(H2,13,14,15)/t5-,6+,7+,9+/m0/s1. The van der Waals surface area contributed by atoms with Crippen molar-refractivity contribution in [3.8, 4) is 0 Å². The summed E-state index contributed by atoms with van der Waals surface area (Å²) in [5.74, 6) is 0.203. The number of aliphatic hydroxyl groups is 2. The van der Waals surface area contributed by atoms with Crippen LogP contribution < -0.4 is 5.73 Å². The number of halogens is 1. The third-order valence-electron chi connectivity index (χ3n) is 3.48. The summed E-state index contributed by atoms with van der Waals surface area (Å²) in [6, 6.07) is -0.785. The largest absolute Gasteiger partial charge is 0.394 e. The predicted octanol–water partition coefficient (Wildman–Crippen LogP) is -0.960. The molecule has 0 aliphatic carbocycles. The van der Waals surface area contributed by atoms with Crippen molar-refractivity contribution in [3.63, 3.8) is 0 Å². The van der Waals surface area contributed by atoms with Gasteiger partial charge in [-0.25, -0.2) is 19.3 Å².